The summed E-state index contributed by atoms with van der Waals surface area (Å²) >= 11 is 2.80. The average molecular weight is 510 g/mol. The van der Waals surface area contributed by atoms with E-state index in [1.807, 2.05) is 73.9 Å². The lowest BCUT2D eigenvalue weighted by Gasteiger charge is -2.12. The van der Waals surface area contributed by atoms with Crippen molar-refractivity contribution in [3.63, 3.8) is 0 Å². The van der Waals surface area contributed by atoms with Crippen molar-refractivity contribution in [2.75, 3.05) is 18.2 Å². The van der Waals surface area contributed by atoms with Crippen LogP contribution >= 0.6 is 23.1 Å². The van der Waals surface area contributed by atoms with E-state index in [9.17, 15) is 4.79 Å². The number of anilines is 1. The zero-order valence-corrected chi connectivity index (χ0v) is 21.7. The van der Waals surface area contributed by atoms with Crippen molar-refractivity contribution in [1.29, 1.82) is 0 Å². The minimum atomic E-state index is -0.142. The second-order valence-corrected chi connectivity index (χ2v) is 9.86. The SMILES string of the molecule is CCn1c(COc2ccc(C)cc2OC)nnc1SCC(=O)Nc1nc(-c2ccccc2)c(C)s1. The van der Waals surface area contributed by atoms with E-state index in [0.29, 0.717) is 34.2 Å². The molecule has 0 saturated carbocycles. The van der Waals surface area contributed by atoms with E-state index in [1.165, 1.54) is 23.1 Å². The Morgan fingerprint density at radius 2 is 1.91 bits per heavy atom. The van der Waals surface area contributed by atoms with Gasteiger partial charge in [0.15, 0.2) is 27.6 Å². The maximum Gasteiger partial charge on any atom is 0.236 e. The molecule has 0 spiro atoms. The van der Waals surface area contributed by atoms with E-state index >= 15 is 0 Å². The summed E-state index contributed by atoms with van der Waals surface area (Å²) < 4.78 is 13.3. The van der Waals surface area contributed by atoms with Crippen LogP contribution in [0.25, 0.3) is 11.3 Å². The number of aromatic nitrogens is 4. The number of nitrogens with one attached hydrogen (secondary N) is 1. The molecular weight excluding hydrogens is 482 g/mol. The van der Waals surface area contributed by atoms with E-state index in [1.54, 1.807) is 7.11 Å². The molecule has 2 aromatic heterocycles. The van der Waals surface area contributed by atoms with Gasteiger partial charge in [0.05, 0.1) is 18.6 Å². The third-order valence-electron chi connectivity index (χ3n) is 5.21. The molecule has 0 radical (unpaired) electrons. The number of rotatable bonds is 10. The summed E-state index contributed by atoms with van der Waals surface area (Å²) in [6, 6.07) is 15.7. The highest BCUT2D eigenvalue weighted by Gasteiger charge is 2.16. The summed E-state index contributed by atoms with van der Waals surface area (Å²) in [7, 11) is 1.62. The first kappa shape index (κ1) is 24.7. The summed E-state index contributed by atoms with van der Waals surface area (Å²) in [5, 5.41) is 12.7. The van der Waals surface area contributed by atoms with Gasteiger partial charge in [0, 0.05) is 17.0 Å². The topological polar surface area (TPSA) is 91.2 Å². The highest BCUT2D eigenvalue weighted by molar-refractivity contribution is 7.99. The monoisotopic (exact) mass is 509 g/mol. The lowest BCUT2D eigenvalue weighted by Crippen LogP contribution is -2.14. The highest BCUT2D eigenvalue weighted by atomic mass is 32.2. The Balaban J connectivity index is 1.36. The number of thiazole rings is 1. The Hall–Kier alpha value is -3.37. The normalized spacial score (nSPS) is 10.9. The van der Waals surface area contributed by atoms with Gasteiger partial charge in [-0.25, -0.2) is 4.98 Å². The molecule has 0 atom stereocenters. The number of hydrogen-bond donors (Lipinski definition) is 1. The van der Waals surface area contributed by atoms with Crippen LogP contribution in [-0.4, -0.2) is 38.5 Å². The number of nitrogens with zero attached hydrogens (tertiary/aromatic N) is 4. The summed E-state index contributed by atoms with van der Waals surface area (Å²) in [6.07, 6.45) is 0. The molecule has 0 saturated heterocycles. The number of methoxy groups -OCH3 is 1. The van der Waals surface area contributed by atoms with Crippen molar-refractivity contribution in [2.24, 2.45) is 0 Å². The molecule has 10 heteroatoms. The number of carbonyl (C=O) groups excluding carboxylic acids is 1. The second-order valence-electron chi connectivity index (χ2n) is 7.71. The van der Waals surface area contributed by atoms with Gasteiger partial charge in [-0.15, -0.1) is 21.5 Å². The first-order valence-electron chi connectivity index (χ1n) is 11.1. The molecule has 2 heterocycles. The van der Waals surface area contributed by atoms with Crippen LogP contribution in [0.3, 0.4) is 0 Å². The number of ether oxygens (including phenoxy) is 2. The van der Waals surface area contributed by atoms with Crippen LogP contribution in [0.5, 0.6) is 11.5 Å². The van der Waals surface area contributed by atoms with E-state index in [0.717, 1.165) is 21.7 Å². The Morgan fingerprint density at radius 3 is 2.66 bits per heavy atom. The van der Waals surface area contributed by atoms with Crippen molar-refractivity contribution in [3.8, 4) is 22.8 Å². The van der Waals surface area contributed by atoms with E-state index < -0.39 is 0 Å². The van der Waals surface area contributed by atoms with Gasteiger partial charge in [0.1, 0.15) is 6.61 Å². The number of benzene rings is 2. The van der Waals surface area contributed by atoms with Gasteiger partial charge >= 0.3 is 0 Å². The van der Waals surface area contributed by atoms with Crippen LogP contribution < -0.4 is 14.8 Å². The van der Waals surface area contributed by atoms with Crippen LogP contribution in [0.15, 0.2) is 53.7 Å². The molecule has 0 aliphatic carbocycles. The standard InChI is InChI=1S/C25H27N5O3S2/c1-5-30-21(14-33-19-12-11-16(2)13-20(19)32-4)28-29-25(30)34-15-22(31)26-24-27-23(17(3)35-24)18-9-7-6-8-10-18/h6-13H,5,14-15H2,1-4H3,(H,26,27,31). The third kappa shape index (κ3) is 6.01. The Kier molecular flexibility index (Phi) is 8.04. The molecule has 4 aromatic rings. The van der Waals surface area contributed by atoms with Crippen molar-refractivity contribution in [2.45, 2.75) is 39.1 Å². The lowest BCUT2D eigenvalue weighted by molar-refractivity contribution is -0.113. The quantitative estimate of drug-likeness (QED) is 0.288. The van der Waals surface area contributed by atoms with Gasteiger partial charge in [0.2, 0.25) is 5.91 Å². The smallest absolute Gasteiger partial charge is 0.236 e. The number of aryl methyl sites for hydroxylation is 2. The van der Waals surface area contributed by atoms with E-state index in [-0.39, 0.29) is 18.3 Å². The summed E-state index contributed by atoms with van der Waals surface area (Å²) in [6.45, 7) is 6.91. The first-order chi connectivity index (χ1) is 17.0. The van der Waals surface area contributed by atoms with Gasteiger partial charge in [-0.2, -0.15) is 0 Å². The van der Waals surface area contributed by atoms with Gasteiger partial charge in [-0.05, 0) is 38.5 Å². The van der Waals surface area contributed by atoms with E-state index in [2.05, 4.69) is 20.5 Å². The van der Waals surface area contributed by atoms with Gasteiger partial charge in [0.25, 0.3) is 0 Å². The van der Waals surface area contributed by atoms with Gasteiger partial charge < -0.3 is 19.4 Å². The van der Waals surface area contributed by atoms with Crippen molar-refractivity contribution >= 4 is 34.1 Å². The molecule has 0 unspecified atom stereocenters. The fourth-order valence-corrected chi connectivity index (χ4v) is 5.16. The number of carbonyl (C=O) groups is 1. The molecule has 0 fully saturated rings. The molecule has 1 amide bonds. The van der Waals surface area contributed by atoms with Crippen molar-refractivity contribution < 1.29 is 14.3 Å². The number of thioether (sulfide) groups is 1. The van der Waals surface area contributed by atoms with Crippen LogP contribution in [0.4, 0.5) is 5.13 Å². The average Bonchev–Trinajstić information content (AvgIpc) is 3.44. The molecule has 4 rings (SSSR count). The summed E-state index contributed by atoms with van der Waals surface area (Å²) in [5.74, 6) is 2.05. The first-order valence-corrected chi connectivity index (χ1v) is 12.9. The van der Waals surface area contributed by atoms with Crippen molar-refractivity contribution in [3.05, 3.63) is 64.8 Å². The zero-order valence-electron chi connectivity index (χ0n) is 20.1. The third-order valence-corrected chi connectivity index (χ3v) is 7.06. The van der Waals surface area contributed by atoms with Crippen LogP contribution in [0.1, 0.15) is 23.2 Å². The van der Waals surface area contributed by atoms with E-state index in [4.69, 9.17) is 9.47 Å². The predicted molar refractivity (Wildman–Crippen MR) is 139 cm³/mol. The molecule has 35 heavy (non-hydrogen) atoms. The van der Waals surface area contributed by atoms with Crippen molar-refractivity contribution in [1.82, 2.24) is 19.7 Å². The summed E-state index contributed by atoms with van der Waals surface area (Å²) in [5.41, 5.74) is 3.01. The van der Waals surface area contributed by atoms with Crippen LogP contribution in [-0.2, 0) is 17.9 Å². The highest BCUT2D eigenvalue weighted by Crippen LogP contribution is 2.31. The second kappa shape index (κ2) is 11.4. The fourth-order valence-electron chi connectivity index (χ4n) is 3.49. The lowest BCUT2D eigenvalue weighted by atomic mass is 10.1. The molecule has 1 N–H and O–H groups in total. The largest absolute Gasteiger partial charge is 0.493 e. The Morgan fingerprint density at radius 1 is 1.11 bits per heavy atom. The molecule has 182 valence electrons. The minimum absolute atomic E-state index is 0.142. The Labute approximate surface area is 212 Å². The Bertz CT molecular complexity index is 1300. The predicted octanol–water partition coefficient (Wildman–Crippen LogP) is 5.36. The van der Waals surface area contributed by atoms with Crippen LogP contribution in [0.2, 0.25) is 0 Å². The minimum Gasteiger partial charge on any atom is -0.493 e. The number of hydrogen-bond acceptors (Lipinski definition) is 8. The van der Waals surface area contributed by atoms with Gasteiger partial charge in [-0.1, -0.05) is 48.2 Å². The fraction of sp³-hybridized carbons (Fsp3) is 0.280. The van der Waals surface area contributed by atoms with Gasteiger partial charge in [-0.3, -0.25) is 4.79 Å². The molecule has 0 aliphatic heterocycles. The molecule has 8 nitrogen and oxygen atoms in total. The molecule has 0 bridgehead atoms. The maximum atomic E-state index is 12.6. The molecular formula is C25H27N5O3S2. The molecule has 2 aromatic carbocycles. The van der Waals surface area contributed by atoms with Crippen LogP contribution in [0, 0.1) is 13.8 Å². The number of amides is 1. The molecule has 0 aliphatic rings. The summed E-state index contributed by atoms with van der Waals surface area (Å²) in [4.78, 5) is 18.3. The maximum absolute atomic E-state index is 12.6. The zero-order chi connectivity index (χ0) is 24.8.